The van der Waals surface area contributed by atoms with Crippen LogP contribution in [-0.4, -0.2) is 27.3 Å². The number of carbonyl (C=O) groups is 2. The Morgan fingerprint density at radius 2 is 1.74 bits per heavy atom. The Labute approximate surface area is 160 Å². The van der Waals surface area contributed by atoms with Crippen LogP contribution in [0.5, 0.6) is 0 Å². The zero-order valence-corrected chi connectivity index (χ0v) is 15.6. The van der Waals surface area contributed by atoms with E-state index in [1.54, 1.807) is 31.2 Å². The first kappa shape index (κ1) is 18.7. The van der Waals surface area contributed by atoms with Crippen molar-refractivity contribution in [3.05, 3.63) is 59.7 Å². The summed E-state index contributed by atoms with van der Waals surface area (Å²) in [7, 11) is 0. The number of aromatic nitrogens is 2. The summed E-state index contributed by atoms with van der Waals surface area (Å²) in [4.78, 5) is 23.4. The molecule has 0 saturated heterocycles. The summed E-state index contributed by atoms with van der Waals surface area (Å²) >= 11 is 1.17. The highest BCUT2D eigenvalue weighted by atomic mass is 32.2. The maximum absolute atomic E-state index is 12.3. The Bertz CT molecular complexity index is 952. The summed E-state index contributed by atoms with van der Waals surface area (Å²) in [6, 6.07) is 14.1. The number of carbonyl (C=O) groups excluding carboxylic acids is 2. The molecule has 0 unspecified atom stereocenters. The van der Waals surface area contributed by atoms with Gasteiger partial charge in [0.15, 0.2) is 0 Å². The van der Waals surface area contributed by atoms with Gasteiger partial charge in [-0.25, -0.2) is 0 Å². The lowest BCUT2D eigenvalue weighted by Crippen LogP contribution is -2.22. The molecular weight excluding hydrogens is 364 g/mol. The lowest BCUT2D eigenvalue weighted by molar-refractivity contribution is -0.115. The number of nitrogens with zero attached hydrogens (tertiary/aromatic N) is 2. The lowest BCUT2D eigenvalue weighted by atomic mass is 10.1. The molecule has 0 spiro atoms. The number of anilines is 1. The minimum absolute atomic E-state index is 0.220. The molecule has 0 saturated carbocycles. The van der Waals surface area contributed by atoms with Gasteiger partial charge in [0.25, 0.3) is 5.22 Å². The van der Waals surface area contributed by atoms with Gasteiger partial charge < -0.3 is 15.5 Å². The van der Waals surface area contributed by atoms with Crippen LogP contribution in [0.1, 0.15) is 22.8 Å². The first-order valence-corrected chi connectivity index (χ1v) is 9.08. The first-order valence-electron chi connectivity index (χ1n) is 8.20. The van der Waals surface area contributed by atoms with E-state index >= 15 is 0 Å². The average Bonchev–Trinajstić information content (AvgIpc) is 3.11. The second-order valence-corrected chi connectivity index (χ2v) is 7.22. The minimum Gasteiger partial charge on any atom is -0.411 e. The van der Waals surface area contributed by atoms with Crippen molar-refractivity contribution in [3.63, 3.8) is 0 Å². The Balaban J connectivity index is 1.61. The van der Waals surface area contributed by atoms with E-state index < -0.39 is 11.2 Å². The van der Waals surface area contributed by atoms with Crippen molar-refractivity contribution < 1.29 is 14.0 Å². The molecule has 2 aromatic carbocycles. The summed E-state index contributed by atoms with van der Waals surface area (Å²) in [5.41, 5.74) is 8.12. The van der Waals surface area contributed by atoms with Crippen molar-refractivity contribution in [2.24, 2.45) is 5.73 Å². The van der Waals surface area contributed by atoms with E-state index in [0.717, 1.165) is 11.1 Å². The molecule has 1 aromatic heterocycles. The highest BCUT2D eigenvalue weighted by molar-refractivity contribution is 8.00. The predicted octanol–water partition coefficient (Wildman–Crippen LogP) is 3.26. The van der Waals surface area contributed by atoms with Crippen molar-refractivity contribution in [3.8, 4) is 11.5 Å². The highest BCUT2D eigenvalue weighted by Gasteiger charge is 2.19. The maximum Gasteiger partial charge on any atom is 0.277 e. The number of primary amides is 1. The van der Waals surface area contributed by atoms with E-state index in [1.165, 1.54) is 11.8 Å². The topological polar surface area (TPSA) is 111 Å². The standard InChI is InChI=1S/C19H18N4O3S/c1-11-3-5-14(6-4-11)18-22-23-19(26-18)27-12(2)17(25)21-15-9-7-13(8-10-15)16(20)24/h3-10,12H,1-2H3,(H2,20,24)(H,21,25)/t12-/m1/s1. The van der Waals surface area contributed by atoms with Crippen molar-refractivity contribution in [1.29, 1.82) is 0 Å². The van der Waals surface area contributed by atoms with Gasteiger partial charge in [-0.05, 0) is 50.2 Å². The smallest absolute Gasteiger partial charge is 0.277 e. The van der Waals surface area contributed by atoms with Crippen molar-refractivity contribution in [2.75, 3.05) is 5.32 Å². The van der Waals surface area contributed by atoms with E-state index in [1.807, 2.05) is 31.2 Å². The average molecular weight is 382 g/mol. The molecule has 27 heavy (non-hydrogen) atoms. The van der Waals surface area contributed by atoms with Crippen molar-refractivity contribution >= 4 is 29.3 Å². The normalized spacial score (nSPS) is 11.8. The summed E-state index contributed by atoms with van der Waals surface area (Å²) < 4.78 is 5.63. The molecule has 0 aliphatic carbocycles. The lowest BCUT2D eigenvalue weighted by Gasteiger charge is -2.10. The van der Waals surface area contributed by atoms with Crippen LogP contribution in [0.3, 0.4) is 0 Å². The third-order valence-corrected chi connectivity index (χ3v) is 4.72. The molecule has 0 aliphatic rings. The van der Waals surface area contributed by atoms with Crippen LogP contribution in [0.4, 0.5) is 5.69 Å². The van der Waals surface area contributed by atoms with E-state index in [9.17, 15) is 9.59 Å². The summed E-state index contributed by atoms with van der Waals surface area (Å²) in [6.45, 7) is 3.74. The molecule has 7 nitrogen and oxygen atoms in total. The quantitative estimate of drug-likeness (QED) is 0.633. The SMILES string of the molecule is Cc1ccc(-c2nnc(S[C@H](C)C(=O)Nc3ccc(C(N)=O)cc3)o2)cc1. The second-order valence-electron chi connectivity index (χ2n) is 5.93. The van der Waals surface area contributed by atoms with E-state index in [2.05, 4.69) is 15.5 Å². The number of hydrogen-bond donors (Lipinski definition) is 2. The minimum atomic E-state index is -0.516. The third-order valence-electron chi connectivity index (χ3n) is 3.79. The monoisotopic (exact) mass is 382 g/mol. The van der Waals surface area contributed by atoms with E-state index in [-0.39, 0.29) is 5.91 Å². The molecule has 3 N–H and O–H groups in total. The molecule has 0 bridgehead atoms. The van der Waals surface area contributed by atoms with Crippen LogP contribution in [-0.2, 0) is 4.79 Å². The van der Waals surface area contributed by atoms with Crippen LogP contribution in [0.25, 0.3) is 11.5 Å². The molecule has 138 valence electrons. The van der Waals surface area contributed by atoms with Gasteiger partial charge in [-0.2, -0.15) is 0 Å². The fourth-order valence-electron chi connectivity index (χ4n) is 2.24. The zero-order chi connectivity index (χ0) is 19.4. The molecule has 0 radical (unpaired) electrons. The van der Waals surface area contributed by atoms with Gasteiger partial charge in [-0.15, -0.1) is 10.2 Å². The second kappa shape index (κ2) is 8.05. The number of nitrogens with one attached hydrogen (secondary N) is 1. The number of aryl methyl sites for hydroxylation is 1. The number of benzene rings is 2. The summed E-state index contributed by atoms with van der Waals surface area (Å²) in [6.07, 6.45) is 0. The molecule has 1 atom stereocenters. The van der Waals surface area contributed by atoms with Gasteiger partial charge in [0.2, 0.25) is 17.7 Å². The molecule has 3 aromatic rings. The zero-order valence-electron chi connectivity index (χ0n) is 14.8. The van der Waals surface area contributed by atoms with E-state index in [4.69, 9.17) is 10.2 Å². The Kier molecular flexibility index (Phi) is 5.56. The summed E-state index contributed by atoms with van der Waals surface area (Å²) in [5.74, 6) is -0.327. The fourth-order valence-corrected chi connectivity index (χ4v) is 2.92. The third kappa shape index (κ3) is 4.73. The van der Waals surface area contributed by atoms with Crippen LogP contribution >= 0.6 is 11.8 Å². The summed E-state index contributed by atoms with van der Waals surface area (Å²) in [5, 5.41) is 10.7. The van der Waals surface area contributed by atoms with Gasteiger partial charge in [-0.1, -0.05) is 29.5 Å². The van der Waals surface area contributed by atoms with Crippen LogP contribution in [0, 0.1) is 6.92 Å². The highest BCUT2D eigenvalue weighted by Crippen LogP contribution is 2.27. The van der Waals surface area contributed by atoms with Gasteiger partial charge in [0, 0.05) is 16.8 Å². The molecule has 8 heteroatoms. The number of amides is 2. The van der Waals surface area contributed by atoms with Crippen LogP contribution in [0.15, 0.2) is 58.2 Å². The van der Waals surface area contributed by atoms with Crippen molar-refractivity contribution in [2.45, 2.75) is 24.3 Å². The Morgan fingerprint density at radius 1 is 1.07 bits per heavy atom. The van der Waals surface area contributed by atoms with E-state index in [0.29, 0.717) is 22.4 Å². The van der Waals surface area contributed by atoms with Gasteiger partial charge >= 0.3 is 0 Å². The van der Waals surface area contributed by atoms with Gasteiger partial charge in [0.05, 0.1) is 5.25 Å². The fraction of sp³-hybridized carbons (Fsp3) is 0.158. The number of thioether (sulfide) groups is 1. The molecule has 2 amide bonds. The van der Waals surface area contributed by atoms with Gasteiger partial charge in [0.1, 0.15) is 0 Å². The molecule has 0 fully saturated rings. The maximum atomic E-state index is 12.3. The number of rotatable bonds is 6. The molecule has 3 rings (SSSR count). The molecule has 0 aliphatic heterocycles. The molecular formula is C19H18N4O3S. The van der Waals surface area contributed by atoms with Gasteiger partial charge in [-0.3, -0.25) is 9.59 Å². The van der Waals surface area contributed by atoms with Crippen LogP contribution < -0.4 is 11.1 Å². The van der Waals surface area contributed by atoms with Crippen LogP contribution in [0.2, 0.25) is 0 Å². The Morgan fingerprint density at radius 3 is 2.37 bits per heavy atom. The number of hydrogen-bond acceptors (Lipinski definition) is 6. The first-order chi connectivity index (χ1) is 12.9. The largest absolute Gasteiger partial charge is 0.411 e. The molecule has 1 heterocycles. The van der Waals surface area contributed by atoms with Crippen molar-refractivity contribution in [1.82, 2.24) is 10.2 Å². The predicted molar refractivity (Wildman–Crippen MR) is 103 cm³/mol. The number of nitrogens with two attached hydrogens (primary N) is 1. The Hall–Kier alpha value is -3.13.